The topological polar surface area (TPSA) is 28.2 Å². The first kappa shape index (κ1) is 15.3. The molecular weight excluding hydrogens is 290 g/mol. The Balaban J connectivity index is 2.21. The zero-order valence-electron chi connectivity index (χ0n) is 12.2. The van der Waals surface area contributed by atoms with Crippen molar-refractivity contribution in [1.29, 1.82) is 0 Å². The third kappa shape index (κ3) is 3.14. The molecule has 0 aliphatic rings. The summed E-state index contributed by atoms with van der Waals surface area (Å²) >= 11 is 7.99. The van der Waals surface area contributed by atoms with Gasteiger partial charge in [0.2, 0.25) is 0 Å². The number of rotatable bonds is 5. The van der Waals surface area contributed by atoms with Gasteiger partial charge < -0.3 is 10.2 Å². The van der Waals surface area contributed by atoms with Crippen molar-refractivity contribution in [1.82, 2.24) is 10.3 Å². The van der Waals surface area contributed by atoms with Gasteiger partial charge in [-0.2, -0.15) is 0 Å². The lowest BCUT2D eigenvalue weighted by atomic mass is 10.1. The van der Waals surface area contributed by atoms with Crippen LogP contribution in [0.25, 0.3) is 0 Å². The Morgan fingerprint density at radius 2 is 2.00 bits per heavy atom. The highest BCUT2D eigenvalue weighted by atomic mass is 35.5. The van der Waals surface area contributed by atoms with Crippen molar-refractivity contribution in [3.63, 3.8) is 0 Å². The summed E-state index contributed by atoms with van der Waals surface area (Å²) < 4.78 is 0. The van der Waals surface area contributed by atoms with Crippen LogP contribution >= 0.6 is 22.9 Å². The predicted molar refractivity (Wildman–Crippen MR) is 87.9 cm³/mol. The number of hydrogen-bond donors (Lipinski definition) is 1. The molecular formula is C15H20ClN3S. The van der Waals surface area contributed by atoms with Crippen LogP contribution in [-0.2, 0) is 0 Å². The Morgan fingerprint density at radius 3 is 2.65 bits per heavy atom. The molecule has 0 aliphatic heterocycles. The second-order valence-corrected chi connectivity index (χ2v) is 6.31. The van der Waals surface area contributed by atoms with E-state index in [0.717, 1.165) is 15.7 Å². The standard InChI is InChI=1S/C15H20ClN3S/c1-10(17-3)14-9-18-15(20-14)19(4)11(2)12-7-5-6-8-13(12)16/h5-11,17H,1-4H3. The fraction of sp³-hybridized carbons (Fsp3) is 0.400. The summed E-state index contributed by atoms with van der Waals surface area (Å²) in [6.07, 6.45) is 1.94. The number of hydrogen-bond acceptors (Lipinski definition) is 4. The fourth-order valence-electron chi connectivity index (χ4n) is 1.97. The summed E-state index contributed by atoms with van der Waals surface area (Å²) in [5.41, 5.74) is 1.12. The second kappa shape index (κ2) is 6.57. The maximum absolute atomic E-state index is 6.28. The molecule has 0 aliphatic carbocycles. The van der Waals surface area contributed by atoms with E-state index in [2.05, 4.69) is 42.2 Å². The van der Waals surface area contributed by atoms with Crippen LogP contribution in [0.3, 0.4) is 0 Å². The van der Waals surface area contributed by atoms with Crippen molar-refractivity contribution < 1.29 is 0 Å². The van der Waals surface area contributed by atoms with Crippen LogP contribution in [0.2, 0.25) is 5.02 Å². The van der Waals surface area contributed by atoms with E-state index in [1.807, 2.05) is 31.4 Å². The van der Waals surface area contributed by atoms with Crippen molar-refractivity contribution >= 4 is 28.1 Å². The van der Waals surface area contributed by atoms with Crippen LogP contribution < -0.4 is 10.2 Å². The molecule has 2 atom stereocenters. The summed E-state index contributed by atoms with van der Waals surface area (Å²) in [5.74, 6) is 0. The lowest BCUT2D eigenvalue weighted by Gasteiger charge is -2.25. The average molecular weight is 310 g/mol. The van der Waals surface area contributed by atoms with Crippen LogP contribution in [0, 0.1) is 0 Å². The third-order valence-corrected chi connectivity index (χ3v) is 5.22. The van der Waals surface area contributed by atoms with Crippen LogP contribution in [0.1, 0.15) is 36.4 Å². The number of aromatic nitrogens is 1. The van der Waals surface area contributed by atoms with E-state index in [9.17, 15) is 0 Å². The minimum Gasteiger partial charge on any atom is -0.344 e. The molecule has 108 valence electrons. The quantitative estimate of drug-likeness (QED) is 0.893. The van der Waals surface area contributed by atoms with Crippen molar-refractivity contribution in [2.24, 2.45) is 0 Å². The molecule has 1 aromatic heterocycles. The molecule has 0 saturated heterocycles. The Bertz CT molecular complexity index is 570. The summed E-state index contributed by atoms with van der Waals surface area (Å²) in [7, 11) is 4.01. The molecule has 3 nitrogen and oxygen atoms in total. The van der Waals surface area contributed by atoms with Gasteiger partial charge in [-0.3, -0.25) is 0 Å². The molecule has 20 heavy (non-hydrogen) atoms. The number of nitrogens with zero attached hydrogens (tertiary/aromatic N) is 2. The Kier molecular flexibility index (Phi) is 5.02. The van der Waals surface area contributed by atoms with Gasteiger partial charge >= 0.3 is 0 Å². The van der Waals surface area contributed by atoms with E-state index in [1.54, 1.807) is 11.3 Å². The van der Waals surface area contributed by atoms with Gasteiger partial charge in [-0.15, -0.1) is 11.3 Å². The van der Waals surface area contributed by atoms with Gasteiger partial charge in [-0.05, 0) is 32.5 Å². The van der Waals surface area contributed by atoms with E-state index in [1.165, 1.54) is 4.88 Å². The summed E-state index contributed by atoms with van der Waals surface area (Å²) in [6, 6.07) is 8.47. The van der Waals surface area contributed by atoms with Gasteiger partial charge in [0.15, 0.2) is 5.13 Å². The number of halogens is 1. The predicted octanol–water partition coefficient (Wildman–Crippen LogP) is 4.27. The van der Waals surface area contributed by atoms with Gasteiger partial charge in [0.1, 0.15) is 0 Å². The van der Waals surface area contributed by atoms with Crippen molar-refractivity contribution in [2.45, 2.75) is 25.9 Å². The maximum atomic E-state index is 6.28. The fourth-order valence-corrected chi connectivity index (χ4v) is 3.28. The SMILES string of the molecule is CNC(C)c1cnc(N(C)C(C)c2ccccc2Cl)s1. The van der Waals surface area contributed by atoms with E-state index >= 15 is 0 Å². The highest BCUT2D eigenvalue weighted by molar-refractivity contribution is 7.15. The summed E-state index contributed by atoms with van der Waals surface area (Å²) in [5, 5.41) is 5.04. The molecule has 0 spiro atoms. The van der Waals surface area contributed by atoms with Crippen LogP contribution in [0.15, 0.2) is 30.5 Å². The summed E-state index contributed by atoms with van der Waals surface area (Å²) in [6.45, 7) is 4.28. The summed E-state index contributed by atoms with van der Waals surface area (Å²) in [4.78, 5) is 7.92. The smallest absolute Gasteiger partial charge is 0.185 e. The molecule has 2 unspecified atom stereocenters. The van der Waals surface area contributed by atoms with Crippen molar-refractivity contribution in [2.75, 3.05) is 19.0 Å². The van der Waals surface area contributed by atoms with Crippen LogP contribution in [0.5, 0.6) is 0 Å². The Morgan fingerprint density at radius 1 is 1.30 bits per heavy atom. The number of nitrogens with one attached hydrogen (secondary N) is 1. The van der Waals surface area contributed by atoms with Gasteiger partial charge in [0, 0.05) is 29.2 Å². The van der Waals surface area contributed by atoms with E-state index < -0.39 is 0 Å². The molecule has 2 aromatic rings. The zero-order valence-corrected chi connectivity index (χ0v) is 13.8. The highest BCUT2D eigenvalue weighted by Gasteiger charge is 2.18. The van der Waals surface area contributed by atoms with Gasteiger partial charge in [0.05, 0.1) is 6.04 Å². The molecule has 0 radical (unpaired) electrons. The minimum atomic E-state index is 0.188. The van der Waals surface area contributed by atoms with Gasteiger partial charge in [0.25, 0.3) is 0 Å². The molecule has 2 rings (SSSR count). The normalized spacial score (nSPS) is 14.1. The monoisotopic (exact) mass is 309 g/mol. The first-order valence-electron chi connectivity index (χ1n) is 6.64. The van der Waals surface area contributed by atoms with E-state index in [0.29, 0.717) is 6.04 Å². The minimum absolute atomic E-state index is 0.188. The van der Waals surface area contributed by atoms with Gasteiger partial charge in [-0.25, -0.2) is 4.98 Å². The molecule has 0 saturated carbocycles. The van der Waals surface area contributed by atoms with E-state index in [4.69, 9.17) is 11.6 Å². The maximum Gasteiger partial charge on any atom is 0.185 e. The third-order valence-electron chi connectivity index (χ3n) is 3.61. The molecule has 5 heteroatoms. The zero-order chi connectivity index (χ0) is 14.7. The molecule has 1 aromatic carbocycles. The lowest BCUT2D eigenvalue weighted by molar-refractivity contribution is 0.662. The van der Waals surface area contributed by atoms with Crippen LogP contribution in [0.4, 0.5) is 5.13 Å². The van der Waals surface area contributed by atoms with Crippen LogP contribution in [-0.4, -0.2) is 19.1 Å². The number of thiazole rings is 1. The molecule has 1 N–H and O–H groups in total. The molecule has 1 heterocycles. The Labute approximate surface area is 129 Å². The first-order valence-corrected chi connectivity index (χ1v) is 7.84. The molecule has 0 fully saturated rings. The van der Waals surface area contributed by atoms with Gasteiger partial charge in [-0.1, -0.05) is 29.8 Å². The lowest BCUT2D eigenvalue weighted by Crippen LogP contribution is -2.21. The Hall–Kier alpha value is -1.10. The molecule has 0 amide bonds. The number of benzene rings is 1. The van der Waals surface area contributed by atoms with Crippen molar-refractivity contribution in [3.8, 4) is 0 Å². The van der Waals surface area contributed by atoms with E-state index in [-0.39, 0.29) is 6.04 Å². The highest BCUT2D eigenvalue weighted by Crippen LogP contribution is 2.33. The number of anilines is 1. The first-order chi connectivity index (χ1) is 9.54. The van der Waals surface area contributed by atoms with Crippen molar-refractivity contribution in [3.05, 3.63) is 45.9 Å². The molecule has 0 bridgehead atoms. The average Bonchev–Trinajstić information content (AvgIpc) is 2.95. The second-order valence-electron chi connectivity index (χ2n) is 4.86. The largest absolute Gasteiger partial charge is 0.344 e.